The summed E-state index contributed by atoms with van der Waals surface area (Å²) in [5.74, 6) is -3.54. The van der Waals surface area contributed by atoms with E-state index in [2.05, 4.69) is 10.5 Å². The Kier molecular flexibility index (Phi) is 6.05. The summed E-state index contributed by atoms with van der Waals surface area (Å²) in [6, 6.07) is 8.05. The molecule has 1 heterocycles. The summed E-state index contributed by atoms with van der Waals surface area (Å²) in [7, 11) is 0. The highest BCUT2D eigenvalue weighted by Gasteiger charge is 2.29. The van der Waals surface area contributed by atoms with Gasteiger partial charge in [0.1, 0.15) is 0 Å². The first-order valence-corrected chi connectivity index (χ1v) is 5.80. The number of carboxylic acids is 2. The van der Waals surface area contributed by atoms with Gasteiger partial charge in [0.2, 0.25) is 0 Å². The topological polar surface area (TPSA) is 139 Å². The summed E-state index contributed by atoms with van der Waals surface area (Å²) in [6.07, 6.45) is 1.15. The highest BCUT2D eigenvalue weighted by atomic mass is 16.4. The van der Waals surface area contributed by atoms with Crippen LogP contribution in [0.4, 0.5) is 5.69 Å². The number of aliphatic hydroxyl groups is 2. The zero-order valence-corrected chi connectivity index (χ0v) is 10.7. The van der Waals surface area contributed by atoms with Crippen LogP contribution < -0.4 is 5.43 Å². The van der Waals surface area contributed by atoms with Gasteiger partial charge in [-0.3, -0.25) is 5.43 Å². The van der Waals surface area contributed by atoms with Gasteiger partial charge in [-0.15, -0.1) is 0 Å². The Morgan fingerprint density at radius 1 is 1.05 bits per heavy atom. The van der Waals surface area contributed by atoms with E-state index in [4.69, 9.17) is 20.4 Å². The summed E-state index contributed by atoms with van der Waals surface area (Å²) >= 11 is 0. The number of carbonyl (C=O) groups is 2. The molecule has 0 aliphatic carbocycles. The number of para-hydroxylation sites is 1. The largest absolute Gasteiger partial charge is 0.479 e. The van der Waals surface area contributed by atoms with Gasteiger partial charge in [-0.1, -0.05) is 24.3 Å². The maximum atomic E-state index is 9.77. The summed E-state index contributed by atoms with van der Waals surface area (Å²) in [5.41, 5.74) is 5.16. The van der Waals surface area contributed by atoms with Gasteiger partial charge in [0.25, 0.3) is 0 Å². The number of rotatable bonds is 3. The molecule has 2 unspecified atom stereocenters. The van der Waals surface area contributed by atoms with Crippen LogP contribution in [0.3, 0.4) is 0 Å². The lowest BCUT2D eigenvalue weighted by Gasteiger charge is -2.07. The fraction of sp³-hybridized carbons (Fsp3) is 0.154. The quantitative estimate of drug-likeness (QED) is 0.528. The van der Waals surface area contributed by atoms with Gasteiger partial charge in [0, 0.05) is 6.21 Å². The molecule has 0 saturated carbocycles. The van der Waals surface area contributed by atoms with Gasteiger partial charge in [-0.05, 0) is 17.7 Å². The number of hydrogen-bond acceptors (Lipinski definition) is 6. The molecule has 0 radical (unpaired) electrons. The molecule has 8 nitrogen and oxygen atoms in total. The smallest absolute Gasteiger partial charge is 0.335 e. The van der Waals surface area contributed by atoms with Crippen molar-refractivity contribution in [1.82, 2.24) is 0 Å². The maximum Gasteiger partial charge on any atom is 0.335 e. The molecule has 0 aromatic heterocycles. The highest BCUT2D eigenvalue weighted by Crippen LogP contribution is 2.17. The van der Waals surface area contributed by atoms with Crippen molar-refractivity contribution in [3.05, 3.63) is 35.9 Å². The fourth-order valence-electron chi connectivity index (χ4n) is 1.31. The first-order valence-electron chi connectivity index (χ1n) is 5.80. The number of benzene rings is 1. The van der Waals surface area contributed by atoms with E-state index in [0.29, 0.717) is 0 Å². The average molecular weight is 294 g/mol. The molecule has 1 aliphatic heterocycles. The lowest BCUT2D eigenvalue weighted by atomic mass is 10.2. The molecule has 5 N–H and O–H groups in total. The molecule has 8 heteroatoms. The Hall–Kier alpha value is -2.71. The number of aliphatic hydroxyl groups excluding tert-OH is 2. The van der Waals surface area contributed by atoms with Crippen molar-refractivity contribution in [2.24, 2.45) is 5.10 Å². The molecular formula is C13H14N2O6. The summed E-state index contributed by atoms with van der Waals surface area (Å²) < 4.78 is 0. The minimum atomic E-state index is -2.27. The molecule has 1 aromatic carbocycles. The SMILES string of the molecule is C1=Cc2ccccc2NN=C1.O=C(O)C(O)C(O)C(=O)O. The van der Waals surface area contributed by atoms with Crippen LogP contribution in [0.2, 0.25) is 0 Å². The van der Waals surface area contributed by atoms with Gasteiger partial charge >= 0.3 is 11.9 Å². The van der Waals surface area contributed by atoms with Crippen LogP contribution in [0, 0.1) is 0 Å². The first kappa shape index (κ1) is 16.3. The molecule has 0 saturated heterocycles. The molecule has 0 amide bonds. The Bertz CT molecular complexity index is 552. The van der Waals surface area contributed by atoms with Crippen molar-refractivity contribution in [2.45, 2.75) is 12.2 Å². The van der Waals surface area contributed by atoms with Crippen LogP contribution in [-0.4, -0.2) is 50.8 Å². The van der Waals surface area contributed by atoms with E-state index in [1.54, 1.807) is 6.21 Å². The number of anilines is 1. The zero-order chi connectivity index (χ0) is 15.8. The van der Waals surface area contributed by atoms with E-state index in [1.807, 2.05) is 36.4 Å². The summed E-state index contributed by atoms with van der Waals surface area (Å²) in [5, 5.41) is 36.5. The number of fused-ring (bicyclic) bond motifs is 1. The number of allylic oxidation sites excluding steroid dienone is 1. The van der Waals surface area contributed by atoms with Gasteiger partial charge in [0.05, 0.1) is 5.69 Å². The van der Waals surface area contributed by atoms with Crippen molar-refractivity contribution in [1.29, 1.82) is 0 Å². The van der Waals surface area contributed by atoms with Crippen molar-refractivity contribution < 1.29 is 30.0 Å². The van der Waals surface area contributed by atoms with Gasteiger partial charge in [0.15, 0.2) is 12.2 Å². The van der Waals surface area contributed by atoms with Crippen LogP contribution >= 0.6 is 0 Å². The van der Waals surface area contributed by atoms with Crippen LogP contribution in [0.25, 0.3) is 6.08 Å². The molecule has 0 spiro atoms. The molecule has 1 aliphatic rings. The number of nitrogens with zero attached hydrogens (tertiary/aromatic N) is 1. The number of hydrogen-bond donors (Lipinski definition) is 5. The van der Waals surface area contributed by atoms with Crippen molar-refractivity contribution in [3.63, 3.8) is 0 Å². The van der Waals surface area contributed by atoms with Gasteiger partial charge in [-0.25, -0.2) is 9.59 Å². The average Bonchev–Trinajstić information content (AvgIpc) is 2.71. The Balaban J connectivity index is 0.000000212. The molecule has 2 atom stereocenters. The monoisotopic (exact) mass is 294 g/mol. The Morgan fingerprint density at radius 2 is 1.62 bits per heavy atom. The third-order valence-corrected chi connectivity index (χ3v) is 2.39. The predicted molar refractivity (Wildman–Crippen MR) is 74.9 cm³/mol. The minimum Gasteiger partial charge on any atom is -0.479 e. The number of hydrazone groups is 1. The molecule has 21 heavy (non-hydrogen) atoms. The van der Waals surface area contributed by atoms with Crippen molar-refractivity contribution in [2.75, 3.05) is 5.43 Å². The van der Waals surface area contributed by atoms with E-state index >= 15 is 0 Å². The van der Waals surface area contributed by atoms with E-state index < -0.39 is 24.1 Å². The second kappa shape index (κ2) is 7.78. The Labute approximate surface area is 119 Å². The normalized spacial score (nSPS) is 14.6. The standard InChI is InChI=1S/C9H8N2.C4H6O6/c1-2-6-9-8(4-1)5-3-7-10-11-9;5-1(3(7)8)2(6)4(9)10/h1-7,11H;1-2,5-6H,(H,7,8)(H,9,10). The van der Waals surface area contributed by atoms with Gasteiger partial charge in [-0.2, -0.15) is 5.10 Å². The molecule has 0 bridgehead atoms. The van der Waals surface area contributed by atoms with Crippen molar-refractivity contribution in [3.8, 4) is 0 Å². The number of nitrogens with one attached hydrogen (secondary N) is 1. The van der Waals surface area contributed by atoms with Crippen LogP contribution in [0.1, 0.15) is 5.56 Å². The van der Waals surface area contributed by atoms with Crippen molar-refractivity contribution >= 4 is 29.9 Å². The first-order chi connectivity index (χ1) is 9.93. The van der Waals surface area contributed by atoms with E-state index in [-0.39, 0.29) is 0 Å². The number of carboxylic acid groups (broad SMARTS) is 2. The summed E-state index contributed by atoms with van der Waals surface area (Å²) in [6.45, 7) is 0. The molecular weight excluding hydrogens is 280 g/mol. The summed E-state index contributed by atoms with van der Waals surface area (Å²) in [4.78, 5) is 19.5. The third-order valence-electron chi connectivity index (χ3n) is 2.39. The second-order valence-corrected chi connectivity index (χ2v) is 3.90. The lowest BCUT2D eigenvalue weighted by Crippen LogP contribution is -2.39. The molecule has 112 valence electrons. The number of aliphatic carboxylic acids is 2. The van der Waals surface area contributed by atoms with Crippen LogP contribution in [0.15, 0.2) is 35.4 Å². The second-order valence-electron chi connectivity index (χ2n) is 3.90. The molecule has 2 rings (SSSR count). The van der Waals surface area contributed by atoms with E-state index in [1.165, 1.54) is 5.56 Å². The van der Waals surface area contributed by atoms with E-state index in [9.17, 15) is 9.59 Å². The van der Waals surface area contributed by atoms with Crippen LogP contribution in [-0.2, 0) is 9.59 Å². The zero-order valence-electron chi connectivity index (χ0n) is 10.7. The minimum absolute atomic E-state index is 1.05. The van der Waals surface area contributed by atoms with Gasteiger partial charge < -0.3 is 20.4 Å². The third kappa shape index (κ3) is 5.05. The molecule has 0 fully saturated rings. The predicted octanol–water partition coefficient (Wildman–Crippen LogP) is -0.0115. The van der Waals surface area contributed by atoms with E-state index in [0.717, 1.165) is 5.69 Å². The molecule has 1 aromatic rings. The fourth-order valence-corrected chi connectivity index (χ4v) is 1.31. The maximum absolute atomic E-state index is 9.77. The lowest BCUT2D eigenvalue weighted by molar-refractivity contribution is -0.165. The van der Waals surface area contributed by atoms with Crippen LogP contribution in [0.5, 0.6) is 0 Å². The Morgan fingerprint density at radius 3 is 2.19 bits per heavy atom. The highest BCUT2D eigenvalue weighted by molar-refractivity contribution is 5.84.